The minimum atomic E-state index is -0.384. The number of nitro groups is 1. The topological polar surface area (TPSA) is 70.9 Å². The van der Waals surface area contributed by atoms with Gasteiger partial charge in [-0.05, 0) is 38.4 Å². The van der Waals surface area contributed by atoms with Gasteiger partial charge in [0.15, 0.2) is 5.75 Å². The Balaban J connectivity index is 1.70. The molecule has 0 radical (unpaired) electrons. The zero-order chi connectivity index (χ0) is 17.1. The van der Waals surface area contributed by atoms with E-state index < -0.39 is 0 Å². The molecule has 1 aromatic carbocycles. The molecule has 0 spiro atoms. The maximum Gasteiger partial charge on any atom is 0.311 e. The molecule has 2 saturated heterocycles. The van der Waals surface area contributed by atoms with Gasteiger partial charge in [0.2, 0.25) is 0 Å². The molecule has 2 heterocycles. The Hall–Kier alpha value is -1.86. The minimum absolute atomic E-state index is 0.0343. The van der Waals surface area contributed by atoms with Gasteiger partial charge in [-0.15, -0.1) is 0 Å². The SMILES string of the molecule is COc1cc(N2CCN(C3CCNCC3)CC2)c(C)cc1[N+](=O)[O-]. The van der Waals surface area contributed by atoms with Crippen molar-refractivity contribution in [2.24, 2.45) is 0 Å². The Morgan fingerprint density at radius 2 is 1.88 bits per heavy atom. The van der Waals surface area contributed by atoms with Gasteiger partial charge in [0, 0.05) is 50.0 Å². The summed E-state index contributed by atoms with van der Waals surface area (Å²) in [6.45, 7) is 8.15. The summed E-state index contributed by atoms with van der Waals surface area (Å²) in [7, 11) is 1.48. The predicted octanol–water partition coefficient (Wildman–Crippen LogP) is 1.79. The predicted molar refractivity (Wildman–Crippen MR) is 94.1 cm³/mol. The van der Waals surface area contributed by atoms with Crippen LogP contribution in [0.4, 0.5) is 11.4 Å². The van der Waals surface area contributed by atoms with Crippen LogP contribution in [0.25, 0.3) is 0 Å². The summed E-state index contributed by atoms with van der Waals surface area (Å²) < 4.78 is 5.22. The van der Waals surface area contributed by atoms with Crippen LogP contribution in [-0.4, -0.2) is 62.2 Å². The van der Waals surface area contributed by atoms with E-state index in [0.29, 0.717) is 11.8 Å². The number of nitrogens with zero attached hydrogens (tertiary/aromatic N) is 3. The van der Waals surface area contributed by atoms with Gasteiger partial charge in [-0.25, -0.2) is 0 Å². The van der Waals surface area contributed by atoms with E-state index in [-0.39, 0.29) is 10.6 Å². The highest BCUT2D eigenvalue weighted by Crippen LogP contribution is 2.35. The lowest BCUT2D eigenvalue weighted by Crippen LogP contribution is -2.52. The van der Waals surface area contributed by atoms with Crippen molar-refractivity contribution in [3.05, 3.63) is 27.8 Å². The second-order valence-corrected chi connectivity index (χ2v) is 6.57. The smallest absolute Gasteiger partial charge is 0.311 e. The van der Waals surface area contributed by atoms with Crippen molar-refractivity contribution in [2.45, 2.75) is 25.8 Å². The molecule has 0 unspecified atom stereocenters. The van der Waals surface area contributed by atoms with Crippen LogP contribution in [0, 0.1) is 17.0 Å². The number of hydrogen-bond acceptors (Lipinski definition) is 6. The van der Waals surface area contributed by atoms with Crippen LogP contribution in [0.15, 0.2) is 12.1 Å². The van der Waals surface area contributed by atoms with E-state index in [9.17, 15) is 10.1 Å². The van der Waals surface area contributed by atoms with Gasteiger partial charge in [0.05, 0.1) is 12.0 Å². The first-order valence-corrected chi connectivity index (χ1v) is 8.63. The highest BCUT2D eigenvalue weighted by molar-refractivity contribution is 5.64. The number of anilines is 1. The molecule has 0 atom stereocenters. The largest absolute Gasteiger partial charge is 0.490 e. The Labute approximate surface area is 142 Å². The summed E-state index contributed by atoms with van der Waals surface area (Å²) in [5.41, 5.74) is 2.01. The summed E-state index contributed by atoms with van der Waals surface area (Å²) in [4.78, 5) is 15.7. The van der Waals surface area contributed by atoms with Crippen molar-refractivity contribution in [2.75, 3.05) is 51.3 Å². The fourth-order valence-electron chi connectivity index (χ4n) is 3.81. The number of piperidine rings is 1. The second kappa shape index (κ2) is 7.36. The monoisotopic (exact) mass is 334 g/mol. The van der Waals surface area contributed by atoms with Gasteiger partial charge in [-0.1, -0.05) is 0 Å². The van der Waals surface area contributed by atoms with Gasteiger partial charge in [-0.2, -0.15) is 0 Å². The van der Waals surface area contributed by atoms with Crippen LogP contribution in [0.1, 0.15) is 18.4 Å². The number of methoxy groups -OCH3 is 1. The Morgan fingerprint density at radius 3 is 2.46 bits per heavy atom. The van der Waals surface area contributed by atoms with E-state index in [0.717, 1.165) is 50.5 Å². The molecule has 0 bridgehead atoms. The van der Waals surface area contributed by atoms with Crippen LogP contribution in [0.5, 0.6) is 5.75 Å². The third-order valence-electron chi connectivity index (χ3n) is 5.17. The first-order valence-electron chi connectivity index (χ1n) is 8.63. The molecule has 7 nitrogen and oxygen atoms in total. The minimum Gasteiger partial charge on any atom is -0.490 e. The molecule has 2 fully saturated rings. The lowest BCUT2D eigenvalue weighted by atomic mass is 10.0. The maximum atomic E-state index is 11.1. The molecular formula is C17H26N4O3. The van der Waals surface area contributed by atoms with Crippen LogP contribution in [0.3, 0.4) is 0 Å². The van der Waals surface area contributed by atoms with E-state index in [1.807, 2.05) is 13.0 Å². The van der Waals surface area contributed by atoms with E-state index in [2.05, 4.69) is 15.1 Å². The Kier molecular flexibility index (Phi) is 5.20. The van der Waals surface area contributed by atoms with Crippen molar-refractivity contribution in [3.8, 4) is 5.75 Å². The van der Waals surface area contributed by atoms with E-state index >= 15 is 0 Å². The molecule has 2 aliphatic heterocycles. The van der Waals surface area contributed by atoms with Crippen LogP contribution >= 0.6 is 0 Å². The lowest BCUT2D eigenvalue weighted by Gasteiger charge is -2.42. The summed E-state index contributed by atoms with van der Waals surface area (Å²) in [5.74, 6) is 0.335. The molecule has 7 heteroatoms. The van der Waals surface area contributed by atoms with Crippen molar-refractivity contribution in [1.29, 1.82) is 0 Å². The summed E-state index contributed by atoms with van der Waals surface area (Å²) in [5, 5.41) is 14.6. The summed E-state index contributed by atoms with van der Waals surface area (Å²) in [6.07, 6.45) is 2.45. The van der Waals surface area contributed by atoms with Gasteiger partial charge in [-0.3, -0.25) is 15.0 Å². The molecule has 1 N–H and O–H groups in total. The van der Waals surface area contributed by atoms with Crippen molar-refractivity contribution >= 4 is 11.4 Å². The average Bonchev–Trinajstić information content (AvgIpc) is 2.62. The van der Waals surface area contributed by atoms with E-state index in [1.54, 1.807) is 6.07 Å². The maximum absolute atomic E-state index is 11.1. The first-order chi connectivity index (χ1) is 11.6. The van der Waals surface area contributed by atoms with E-state index in [1.165, 1.54) is 20.0 Å². The van der Waals surface area contributed by atoms with Gasteiger partial charge >= 0.3 is 5.69 Å². The zero-order valence-corrected chi connectivity index (χ0v) is 14.5. The number of rotatable bonds is 4. The summed E-state index contributed by atoms with van der Waals surface area (Å²) >= 11 is 0. The molecule has 0 aliphatic carbocycles. The van der Waals surface area contributed by atoms with Crippen molar-refractivity contribution in [1.82, 2.24) is 10.2 Å². The Morgan fingerprint density at radius 1 is 1.21 bits per heavy atom. The number of benzene rings is 1. The van der Waals surface area contributed by atoms with Crippen molar-refractivity contribution < 1.29 is 9.66 Å². The van der Waals surface area contributed by atoms with Crippen LogP contribution < -0.4 is 15.0 Å². The van der Waals surface area contributed by atoms with Crippen molar-refractivity contribution in [3.63, 3.8) is 0 Å². The molecule has 2 aliphatic rings. The van der Waals surface area contributed by atoms with E-state index in [4.69, 9.17) is 4.74 Å². The summed E-state index contributed by atoms with van der Waals surface area (Å²) in [6, 6.07) is 4.13. The van der Waals surface area contributed by atoms with Gasteiger partial charge < -0.3 is 15.0 Å². The highest BCUT2D eigenvalue weighted by atomic mass is 16.6. The number of nitro benzene ring substituents is 1. The molecule has 132 valence electrons. The van der Waals surface area contributed by atoms with Gasteiger partial charge in [0.1, 0.15) is 0 Å². The number of ether oxygens (including phenoxy) is 1. The number of aryl methyl sites for hydroxylation is 1. The number of hydrogen-bond donors (Lipinski definition) is 1. The molecular weight excluding hydrogens is 308 g/mol. The quantitative estimate of drug-likeness (QED) is 0.669. The standard InChI is InChI=1S/C17H26N4O3/c1-13-11-16(21(22)23)17(24-2)12-15(13)20-9-7-19(8-10-20)14-3-5-18-6-4-14/h11-12,14,18H,3-10H2,1-2H3. The fraction of sp³-hybridized carbons (Fsp3) is 0.647. The third-order valence-corrected chi connectivity index (χ3v) is 5.17. The second-order valence-electron chi connectivity index (χ2n) is 6.57. The molecule has 0 saturated carbocycles. The molecule has 0 amide bonds. The first kappa shape index (κ1) is 17.0. The van der Waals surface area contributed by atoms with Crippen LogP contribution in [0.2, 0.25) is 0 Å². The molecule has 1 aromatic rings. The zero-order valence-electron chi connectivity index (χ0n) is 14.5. The lowest BCUT2D eigenvalue weighted by molar-refractivity contribution is -0.385. The highest BCUT2D eigenvalue weighted by Gasteiger charge is 2.27. The van der Waals surface area contributed by atoms with Gasteiger partial charge in [0.25, 0.3) is 0 Å². The Bertz CT molecular complexity index is 594. The molecule has 24 heavy (non-hydrogen) atoms. The number of nitrogens with one attached hydrogen (secondary N) is 1. The molecule has 3 rings (SSSR count). The third kappa shape index (κ3) is 3.47. The van der Waals surface area contributed by atoms with Crippen LogP contribution in [-0.2, 0) is 0 Å². The number of piperazine rings is 1. The molecule has 0 aromatic heterocycles. The average molecular weight is 334 g/mol. The normalized spacial score (nSPS) is 20.2. The fourth-order valence-corrected chi connectivity index (χ4v) is 3.81.